The first-order valence-electron chi connectivity index (χ1n) is 9.51. The number of aryl methyl sites for hydroxylation is 2. The Morgan fingerprint density at radius 2 is 1.90 bits per heavy atom. The minimum Gasteiger partial charge on any atom is -0.358 e. The van der Waals surface area contributed by atoms with Crippen LogP contribution in [0.4, 0.5) is 11.5 Å². The van der Waals surface area contributed by atoms with E-state index in [0.29, 0.717) is 0 Å². The highest BCUT2D eigenvalue weighted by Crippen LogP contribution is 2.34. The lowest BCUT2D eigenvalue weighted by atomic mass is 9.99. The number of hydrogen-bond donors (Lipinski definition) is 3. The molecule has 29 heavy (non-hydrogen) atoms. The fourth-order valence-electron chi connectivity index (χ4n) is 3.60. The van der Waals surface area contributed by atoms with Gasteiger partial charge in [-0.3, -0.25) is 9.78 Å². The van der Waals surface area contributed by atoms with Crippen LogP contribution in [0.2, 0.25) is 0 Å². The van der Waals surface area contributed by atoms with Crippen molar-refractivity contribution in [3.8, 4) is 0 Å². The number of amides is 1. The minimum atomic E-state index is -0.202. The van der Waals surface area contributed by atoms with Gasteiger partial charge in [0.25, 0.3) is 0 Å². The van der Waals surface area contributed by atoms with E-state index in [1.807, 2.05) is 55.5 Å². The Balaban J connectivity index is 1.86. The number of aromatic amines is 1. The molecule has 1 atom stereocenters. The predicted octanol–water partition coefficient (Wildman–Crippen LogP) is 4.73. The molecule has 1 aromatic carbocycles. The fourth-order valence-corrected chi connectivity index (χ4v) is 3.60. The van der Waals surface area contributed by atoms with Crippen molar-refractivity contribution in [3.05, 3.63) is 83.4 Å². The summed E-state index contributed by atoms with van der Waals surface area (Å²) in [5.74, 6) is 0.689. The largest absolute Gasteiger partial charge is 0.358 e. The standard InChI is InChI=1S/C23H23N5O/c1-14-9-11-25-21(12-14)28-23(20-6-4-5-10-24-20)22-15(2)26-19-8-7-17(13-18(19)22)27-16(3)29/h4-13,23,26H,1-3H3,(H,25,28)(H,27,29)/t23-/m0/s1. The molecular formula is C23H23N5O. The van der Waals surface area contributed by atoms with Gasteiger partial charge in [0.2, 0.25) is 5.91 Å². The number of anilines is 2. The van der Waals surface area contributed by atoms with Crippen molar-refractivity contribution >= 4 is 28.3 Å². The van der Waals surface area contributed by atoms with Crippen LogP contribution >= 0.6 is 0 Å². The summed E-state index contributed by atoms with van der Waals surface area (Å²) >= 11 is 0. The molecule has 3 heterocycles. The van der Waals surface area contributed by atoms with Crippen molar-refractivity contribution < 1.29 is 4.79 Å². The molecule has 6 nitrogen and oxygen atoms in total. The molecule has 4 aromatic rings. The van der Waals surface area contributed by atoms with Gasteiger partial charge in [-0.2, -0.15) is 0 Å². The number of nitrogens with one attached hydrogen (secondary N) is 3. The average molecular weight is 385 g/mol. The summed E-state index contributed by atoms with van der Waals surface area (Å²) in [5, 5.41) is 7.45. The van der Waals surface area contributed by atoms with Gasteiger partial charge >= 0.3 is 0 Å². The molecule has 6 heteroatoms. The van der Waals surface area contributed by atoms with Gasteiger partial charge in [-0.05, 0) is 61.9 Å². The Kier molecular flexibility index (Phi) is 4.99. The van der Waals surface area contributed by atoms with Crippen molar-refractivity contribution in [1.29, 1.82) is 0 Å². The summed E-state index contributed by atoms with van der Waals surface area (Å²) in [5.41, 5.74) is 5.91. The molecule has 1 amide bonds. The number of carbonyl (C=O) groups is 1. The number of aromatic nitrogens is 3. The third kappa shape index (κ3) is 3.96. The Labute approximate surface area is 169 Å². The van der Waals surface area contributed by atoms with Crippen LogP contribution in [0, 0.1) is 13.8 Å². The summed E-state index contributed by atoms with van der Waals surface area (Å²) in [6.45, 7) is 5.60. The van der Waals surface area contributed by atoms with Crippen LogP contribution in [0.25, 0.3) is 10.9 Å². The highest BCUT2D eigenvalue weighted by molar-refractivity contribution is 5.94. The number of nitrogens with zero attached hydrogens (tertiary/aromatic N) is 2. The highest BCUT2D eigenvalue weighted by Gasteiger charge is 2.22. The van der Waals surface area contributed by atoms with Crippen molar-refractivity contribution in [2.75, 3.05) is 10.6 Å². The van der Waals surface area contributed by atoms with Gasteiger partial charge in [0.15, 0.2) is 0 Å². The zero-order valence-corrected chi connectivity index (χ0v) is 16.7. The van der Waals surface area contributed by atoms with Crippen LogP contribution in [0.5, 0.6) is 0 Å². The predicted molar refractivity (Wildman–Crippen MR) is 116 cm³/mol. The normalized spacial score (nSPS) is 12.0. The molecule has 0 fully saturated rings. The zero-order chi connectivity index (χ0) is 20.4. The summed E-state index contributed by atoms with van der Waals surface area (Å²) in [4.78, 5) is 24.0. The van der Waals surface area contributed by atoms with E-state index in [0.717, 1.165) is 44.9 Å². The van der Waals surface area contributed by atoms with Crippen LogP contribution in [-0.2, 0) is 4.79 Å². The Morgan fingerprint density at radius 1 is 1.03 bits per heavy atom. The van der Waals surface area contributed by atoms with E-state index in [2.05, 4.69) is 32.5 Å². The van der Waals surface area contributed by atoms with Gasteiger partial charge in [0.1, 0.15) is 5.82 Å². The lowest BCUT2D eigenvalue weighted by molar-refractivity contribution is -0.114. The van der Waals surface area contributed by atoms with Gasteiger partial charge in [-0.25, -0.2) is 4.98 Å². The molecule has 0 aliphatic rings. The Hall–Kier alpha value is -3.67. The van der Waals surface area contributed by atoms with Gasteiger partial charge in [-0.1, -0.05) is 6.07 Å². The Morgan fingerprint density at radius 3 is 2.62 bits per heavy atom. The summed E-state index contributed by atoms with van der Waals surface area (Å²) in [7, 11) is 0. The van der Waals surface area contributed by atoms with E-state index in [4.69, 9.17) is 0 Å². The van der Waals surface area contributed by atoms with E-state index in [1.54, 1.807) is 12.4 Å². The van der Waals surface area contributed by atoms with Crippen LogP contribution in [0.1, 0.15) is 35.5 Å². The molecule has 0 saturated carbocycles. The lowest BCUT2D eigenvalue weighted by Gasteiger charge is -2.20. The number of carbonyl (C=O) groups excluding carboxylic acids is 1. The molecule has 0 aliphatic carbocycles. The summed E-state index contributed by atoms with van der Waals surface area (Å²) in [6.07, 6.45) is 3.59. The fraction of sp³-hybridized carbons (Fsp3) is 0.174. The number of rotatable bonds is 5. The van der Waals surface area contributed by atoms with Crippen molar-refractivity contribution in [2.24, 2.45) is 0 Å². The second kappa shape index (κ2) is 7.75. The highest BCUT2D eigenvalue weighted by atomic mass is 16.1. The van der Waals surface area contributed by atoms with E-state index in [9.17, 15) is 4.79 Å². The molecular weight excluding hydrogens is 362 g/mol. The van der Waals surface area contributed by atoms with Crippen LogP contribution in [0.15, 0.2) is 60.9 Å². The molecule has 0 unspecified atom stereocenters. The van der Waals surface area contributed by atoms with Crippen LogP contribution in [-0.4, -0.2) is 20.9 Å². The number of hydrogen-bond acceptors (Lipinski definition) is 4. The van der Waals surface area contributed by atoms with E-state index in [1.165, 1.54) is 6.92 Å². The number of fused-ring (bicyclic) bond motifs is 1. The number of pyridine rings is 2. The average Bonchev–Trinajstić information content (AvgIpc) is 3.01. The molecule has 4 rings (SSSR count). The minimum absolute atomic E-state index is 0.0958. The molecule has 3 aromatic heterocycles. The van der Waals surface area contributed by atoms with Crippen molar-refractivity contribution in [2.45, 2.75) is 26.8 Å². The maximum absolute atomic E-state index is 11.5. The summed E-state index contributed by atoms with van der Waals surface area (Å²) in [6, 6.07) is 15.6. The first-order valence-corrected chi connectivity index (χ1v) is 9.51. The third-order valence-electron chi connectivity index (χ3n) is 4.84. The maximum atomic E-state index is 11.5. The topological polar surface area (TPSA) is 82.7 Å². The van der Waals surface area contributed by atoms with E-state index >= 15 is 0 Å². The summed E-state index contributed by atoms with van der Waals surface area (Å²) < 4.78 is 0. The SMILES string of the molecule is CC(=O)Nc1ccc2[nH]c(C)c([C@@H](Nc3cc(C)ccn3)c3ccccn3)c2c1. The molecule has 0 aliphatic heterocycles. The molecule has 146 valence electrons. The second-order valence-electron chi connectivity index (χ2n) is 7.16. The second-order valence-corrected chi connectivity index (χ2v) is 7.16. The van der Waals surface area contributed by atoms with Gasteiger partial charge in [0, 0.05) is 47.2 Å². The van der Waals surface area contributed by atoms with E-state index in [-0.39, 0.29) is 11.9 Å². The monoisotopic (exact) mass is 385 g/mol. The van der Waals surface area contributed by atoms with Gasteiger partial charge in [0.05, 0.1) is 11.7 Å². The molecule has 3 N–H and O–H groups in total. The third-order valence-corrected chi connectivity index (χ3v) is 4.84. The number of benzene rings is 1. The van der Waals surface area contributed by atoms with Crippen molar-refractivity contribution in [3.63, 3.8) is 0 Å². The first kappa shape index (κ1) is 18.7. The van der Waals surface area contributed by atoms with Crippen LogP contribution in [0.3, 0.4) is 0 Å². The lowest BCUT2D eigenvalue weighted by Crippen LogP contribution is -2.15. The quantitative estimate of drug-likeness (QED) is 0.464. The van der Waals surface area contributed by atoms with Crippen LogP contribution < -0.4 is 10.6 Å². The zero-order valence-electron chi connectivity index (χ0n) is 16.7. The van der Waals surface area contributed by atoms with Crippen molar-refractivity contribution in [1.82, 2.24) is 15.0 Å². The molecule has 0 spiro atoms. The van der Waals surface area contributed by atoms with Gasteiger partial charge < -0.3 is 15.6 Å². The first-order chi connectivity index (χ1) is 14.0. The molecule has 0 saturated heterocycles. The smallest absolute Gasteiger partial charge is 0.221 e. The van der Waals surface area contributed by atoms with Gasteiger partial charge in [-0.15, -0.1) is 0 Å². The maximum Gasteiger partial charge on any atom is 0.221 e. The number of H-pyrrole nitrogens is 1. The van der Waals surface area contributed by atoms with E-state index < -0.39 is 0 Å². The molecule has 0 radical (unpaired) electrons. The molecule has 0 bridgehead atoms. The Bertz CT molecular complexity index is 1170.